The number of allylic oxidation sites excluding steroid dienone is 4. The number of ether oxygens (including phenoxy) is 2. The van der Waals surface area contributed by atoms with Crippen LogP contribution < -0.4 is 0 Å². The number of esters is 2. The van der Waals surface area contributed by atoms with Crippen molar-refractivity contribution in [2.75, 3.05) is 26.4 Å². The third-order valence-corrected chi connectivity index (χ3v) is 11.5. The molecule has 0 fully saturated rings. The van der Waals surface area contributed by atoms with Gasteiger partial charge >= 0.3 is 19.8 Å². The fourth-order valence-corrected chi connectivity index (χ4v) is 7.61. The summed E-state index contributed by atoms with van der Waals surface area (Å²) in [5.41, 5.74) is 0. The lowest BCUT2D eigenvalue weighted by Gasteiger charge is -2.20. The van der Waals surface area contributed by atoms with E-state index in [1.54, 1.807) is 0 Å². The van der Waals surface area contributed by atoms with E-state index in [4.69, 9.17) is 23.6 Å². The summed E-state index contributed by atoms with van der Waals surface area (Å²) in [5.74, 6) is -0.964. The molecule has 0 spiro atoms. The third-order valence-electron chi connectivity index (χ3n) is 10.6. The van der Waals surface area contributed by atoms with Gasteiger partial charge in [-0.25, -0.2) is 4.57 Å². The second-order valence-electron chi connectivity index (χ2n) is 16.5. The van der Waals surface area contributed by atoms with Crippen LogP contribution in [0, 0.1) is 0 Å². The van der Waals surface area contributed by atoms with E-state index in [0.717, 1.165) is 51.4 Å². The average molecular weight is 859 g/mol. The molecule has 0 aromatic carbocycles. The van der Waals surface area contributed by atoms with Crippen molar-refractivity contribution in [2.24, 2.45) is 0 Å². The lowest BCUT2D eigenvalue weighted by molar-refractivity contribution is -0.161. The molecule has 0 heterocycles. The fraction of sp³-hybridized carbons (Fsp3) is 0.875. The van der Waals surface area contributed by atoms with E-state index in [2.05, 4.69) is 38.2 Å². The number of carbonyl (C=O) groups excluding carboxylic acids is 2. The Morgan fingerprint density at radius 1 is 0.492 bits per heavy atom. The zero-order valence-corrected chi connectivity index (χ0v) is 38.9. The van der Waals surface area contributed by atoms with Crippen molar-refractivity contribution < 1.29 is 47.8 Å². The van der Waals surface area contributed by atoms with Gasteiger partial charge in [0.15, 0.2) is 6.10 Å². The summed E-state index contributed by atoms with van der Waals surface area (Å²) < 4.78 is 32.7. The van der Waals surface area contributed by atoms with Crippen LogP contribution in [0.15, 0.2) is 24.3 Å². The molecule has 10 nitrogen and oxygen atoms in total. The van der Waals surface area contributed by atoms with Crippen LogP contribution in [0.25, 0.3) is 0 Å². The van der Waals surface area contributed by atoms with Gasteiger partial charge in [-0.2, -0.15) is 0 Å². The molecule has 0 bridgehead atoms. The maximum atomic E-state index is 12.6. The highest BCUT2D eigenvalue weighted by molar-refractivity contribution is 7.47. The minimum atomic E-state index is -4.63. The molecular formula is C48H91O10P. The van der Waals surface area contributed by atoms with Crippen molar-refractivity contribution in [3.05, 3.63) is 24.3 Å². The number of aliphatic hydroxyl groups is 2. The van der Waals surface area contributed by atoms with Gasteiger partial charge in [-0.3, -0.25) is 18.6 Å². The van der Waals surface area contributed by atoms with Crippen molar-refractivity contribution in [3.8, 4) is 0 Å². The smallest absolute Gasteiger partial charge is 0.462 e. The summed E-state index contributed by atoms with van der Waals surface area (Å²) in [5, 5.41) is 18.4. The molecule has 1 unspecified atom stereocenters. The van der Waals surface area contributed by atoms with Crippen LogP contribution in [-0.4, -0.2) is 65.7 Å². The molecular weight excluding hydrogens is 767 g/mol. The molecule has 0 saturated carbocycles. The van der Waals surface area contributed by atoms with E-state index >= 15 is 0 Å². The zero-order chi connectivity index (χ0) is 43.3. The van der Waals surface area contributed by atoms with Gasteiger partial charge < -0.3 is 24.6 Å². The standard InChI is InChI=1S/C48H91O10P/c1-3-5-7-9-11-13-15-17-18-19-20-21-22-23-24-25-26-28-30-32-34-36-38-40-48(52)58-46(44-57-59(53,54)56-42-45(50)41-49)43-55-47(51)39-37-35-33-31-29-27-16-14-12-10-8-6-4-2/h14,16,32,34,45-46,49-50H,3-13,15,17-31,33,35-44H2,1-2H3,(H,53,54)/b16-14+,34-32+/t45-,46+/m0/s1. The highest BCUT2D eigenvalue weighted by Crippen LogP contribution is 2.43. The number of hydrogen-bond acceptors (Lipinski definition) is 9. The van der Waals surface area contributed by atoms with Gasteiger partial charge in [-0.05, 0) is 57.8 Å². The Morgan fingerprint density at radius 3 is 1.29 bits per heavy atom. The van der Waals surface area contributed by atoms with Crippen molar-refractivity contribution >= 4 is 19.8 Å². The van der Waals surface area contributed by atoms with Gasteiger partial charge in [0.1, 0.15) is 12.7 Å². The van der Waals surface area contributed by atoms with Crippen LogP contribution in [0.2, 0.25) is 0 Å². The van der Waals surface area contributed by atoms with Gasteiger partial charge in [-0.1, -0.05) is 186 Å². The molecule has 0 radical (unpaired) electrons. The molecule has 59 heavy (non-hydrogen) atoms. The molecule has 0 saturated heterocycles. The van der Waals surface area contributed by atoms with E-state index in [9.17, 15) is 24.2 Å². The maximum absolute atomic E-state index is 12.6. The largest absolute Gasteiger partial charge is 0.472 e. The third kappa shape index (κ3) is 44.3. The summed E-state index contributed by atoms with van der Waals surface area (Å²) >= 11 is 0. The van der Waals surface area contributed by atoms with Crippen molar-refractivity contribution in [2.45, 2.75) is 244 Å². The summed E-state index contributed by atoms with van der Waals surface area (Å²) in [6.45, 7) is 2.36. The number of carbonyl (C=O) groups is 2. The van der Waals surface area contributed by atoms with E-state index < -0.39 is 51.8 Å². The topological polar surface area (TPSA) is 149 Å². The van der Waals surface area contributed by atoms with Gasteiger partial charge in [-0.15, -0.1) is 0 Å². The van der Waals surface area contributed by atoms with Crippen molar-refractivity contribution in [3.63, 3.8) is 0 Å². The van der Waals surface area contributed by atoms with Gasteiger partial charge in [0.2, 0.25) is 0 Å². The molecule has 0 aromatic rings. The zero-order valence-electron chi connectivity index (χ0n) is 38.0. The molecule has 348 valence electrons. The number of phosphoric acid groups is 1. The maximum Gasteiger partial charge on any atom is 0.472 e. The number of phosphoric ester groups is 1. The van der Waals surface area contributed by atoms with Gasteiger partial charge in [0.05, 0.1) is 19.8 Å². The number of aliphatic hydroxyl groups excluding tert-OH is 2. The van der Waals surface area contributed by atoms with Gasteiger partial charge in [0, 0.05) is 12.8 Å². The molecule has 0 amide bonds. The Hall–Kier alpha value is -1.55. The summed E-state index contributed by atoms with van der Waals surface area (Å²) in [6.07, 6.45) is 45.9. The van der Waals surface area contributed by atoms with Crippen LogP contribution in [0.4, 0.5) is 0 Å². The molecule has 3 atom stereocenters. The van der Waals surface area contributed by atoms with Crippen molar-refractivity contribution in [1.29, 1.82) is 0 Å². The Bertz CT molecular complexity index is 1040. The Morgan fingerprint density at radius 2 is 0.847 bits per heavy atom. The lowest BCUT2D eigenvalue weighted by atomic mass is 10.0. The molecule has 11 heteroatoms. The molecule has 0 aliphatic rings. The Balaban J connectivity index is 4.19. The second-order valence-corrected chi connectivity index (χ2v) is 17.9. The van der Waals surface area contributed by atoms with E-state index in [1.165, 1.54) is 141 Å². The van der Waals surface area contributed by atoms with Crippen LogP contribution in [0.3, 0.4) is 0 Å². The van der Waals surface area contributed by atoms with Crippen LogP contribution >= 0.6 is 7.82 Å². The molecule has 0 aromatic heterocycles. The van der Waals surface area contributed by atoms with Crippen LogP contribution in [-0.2, 0) is 32.7 Å². The predicted molar refractivity (Wildman–Crippen MR) is 242 cm³/mol. The first-order chi connectivity index (χ1) is 28.7. The first-order valence-corrected chi connectivity index (χ1v) is 25.8. The number of rotatable bonds is 46. The highest BCUT2D eigenvalue weighted by Gasteiger charge is 2.27. The minimum Gasteiger partial charge on any atom is -0.462 e. The Labute approximate surface area is 361 Å². The van der Waals surface area contributed by atoms with E-state index in [1.807, 2.05) is 0 Å². The molecule has 0 aliphatic heterocycles. The monoisotopic (exact) mass is 859 g/mol. The molecule has 3 N–H and O–H groups in total. The summed E-state index contributed by atoms with van der Waals surface area (Å²) in [7, 11) is -4.63. The summed E-state index contributed by atoms with van der Waals surface area (Å²) in [4.78, 5) is 35.0. The first kappa shape index (κ1) is 57.4. The molecule has 0 rings (SSSR count). The lowest BCUT2D eigenvalue weighted by Crippen LogP contribution is -2.29. The number of hydrogen-bond donors (Lipinski definition) is 3. The number of unbranched alkanes of at least 4 members (excludes halogenated alkanes) is 28. The van der Waals surface area contributed by atoms with Crippen LogP contribution in [0.5, 0.6) is 0 Å². The quantitative estimate of drug-likeness (QED) is 0.0234. The fourth-order valence-electron chi connectivity index (χ4n) is 6.82. The second kappa shape index (κ2) is 44.5. The molecule has 0 aliphatic carbocycles. The van der Waals surface area contributed by atoms with Crippen molar-refractivity contribution in [1.82, 2.24) is 0 Å². The minimum absolute atomic E-state index is 0.138. The Kier molecular flexibility index (Phi) is 43.3. The first-order valence-electron chi connectivity index (χ1n) is 24.3. The van der Waals surface area contributed by atoms with E-state index in [-0.39, 0.29) is 19.4 Å². The average Bonchev–Trinajstić information content (AvgIpc) is 3.22. The normalized spacial score (nSPS) is 13.9. The van der Waals surface area contributed by atoms with Crippen LogP contribution in [0.1, 0.15) is 232 Å². The van der Waals surface area contributed by atoms with E-state index in [0.29, 0.717) is 12.8 Å². The van der Waals surface area contributed by atoms with Gasteiger partial charge in [0.25, 0.3) is 0 Å². The summed E-state index contributed by atoms with van der Waals surface area (Å²) in [6, 6.07) is 0. The SMILES string of the molecule is CCCCCC/C=C/CCCCCCCC(=O)OC[C@H](COP(=O)(O)OC[C@@H](O)CO)OC(=O)CCC/C=C/CCCCCCCCCCCCCCCCCCCC. The highest BCUT2D eigenvalue weighted by atomic mass is 31.2. The predicted octanol–water partition coefficient (Wildman–Crippen LogP) is 13.3.